The number of halogens is 1. The number of nitrogens with one attached hydrogen (secondary N) is 4. The number of benzene rings is 2. The second-order valence-corrected chi connectivity index (χ2v) is 6.93. The normalized spacial score (nSPS) is 12.3. The number of hydrogen-bond donors (Lipinski definition) is 4. The lowest BCUT2D eigenvalue weighted by Crippen LogP contribution is -2.39. The van der Waals surface area contributed by atoms with Crippen molar-refractivity contribution < 1.29 is 9.18 Å². The van der Waals surface area contributed by atoms with Crippen molar-refractivity contribution in [1.29, 1.82) is 0 Å². The van der Waals surface area contributed by atoms with E-state index < -0.39 is 5.82 Å². The molecule has 1 atom stereocenters. The second-order valence-electron chi connectivity index (χ2n) is 6.53. The van der Waals surface area contributed by atoms with E-state index >= 15 is 0 Å². The zero-order chi connectivity index (χ0) is 18.7. The first-order valence-corrected chi connectivity index (χ1v) is 8.86. The molecule has 2 aromatic carbocycles. The highest BCUT2D eigenvalue weighted by Crippen LogP contribution is 2.18. The molecule has 1 unspecified atom stereocenters. The molecule has 1 amide bonds. The van der Waals surface area contributed by atoms with Gasteiger partial charge in [0, 0.05) is 18.3 Å². The van der Waals surface area contributed by atoms with Gasteiger partial charge in [-0.25, -0.2) is 4.39 Å². The minimum atomic E-state index is -0.490. The van der Waals surface area contributed by atoms with Gasteiger partial charge < -0.3 is 20.6 Å². The number of imidazole rings is 1. The smallest absolute Gasteiger partial charge is 0.253 e. The number of aromatic nitrogens is 2. The molecule has 0 bridgehead atoms. The monoisotopic (exact) mass is 372 g/mol. The molecule has 0 fully saturated rings. The topological polar surface area (TPSA) is 72.7 Å². The zero-order valence-corrected chi connectivity index (χ0v) is 15.4. The van der Waals surface area contributed by atoms with E-state index in [1.165, 1.54) is 12.1 Å². The van der Waals surface area contributed by atoms with Crippen LogP contribution in [0.2, 0.25) is 0 Å². The highest BCUT2D eigenvalue weighted by atomic mass is 32.1. The van der Waals surface area contributed by atoms with Crippen LogP contribution < -0.4 is 10.6 Å². The predicted molar refractivity (Wildman–Crippen MR) is 104 cm³/mol. The predicted octanol–water partition coefficient (Wildman–Crippen LogP) is 4.23. The Morgan fingerprint density at radius 1 is 1.19 bits per heavy atom. The molecule has 7 heteroatoms. The molecule has 1 aromatic heterocycles. The number of anilines is 1. The van der Waals surface area contributed by atoms with Crippen LogP contribution in [0.25, 0.3) is 11.0 Å². The third kappa shape index (κ3) is 4.11. The number of hydrogen-bond acceptors (Lipinski definition) is 3. The minimum absolute atomic E-state index is 0.0371. The van der Waals surface area contributed by atoms with Gasteiger partial charge in [-0.05, 0) is 42.4 Å². The van der Waals surface area contributed by atoms with Crippen molar-refractivity contribution in [2.75, 3.05) is 11.9 Å². The zero-order valence-electron chi connectivity index (χ0n) is 14.6. The first kappa shape index (κ1) is 18.1. The number of para-hydroxylation sites is 1. The Labute approximate surface area is 156 Å². The van der Waals surface area contributed by atoms with Gasteiger partial charge in [0.05, 0.1) is 16.6 Å². The third-order valence-electron chi connectivity index (χ3n) is 4.25. The van der Waals surface area contributed by atoms with Crippen LogP contribution in [-0.2, 0) is 0 Å². The Balaban J connectivity index is 1.76. The molecular formula is C19H21FN4OS. The summed E-state index contributed by atoms with van der Waals surface area (Å²) in [6, 6.07) is 12.4. The van der Waals surface area contributed by atoms with Crippen LogP contribution in [-0.4, -0.2) is 28.5 Å². The van der Waals surface area contributed by atoms with E-state index in [4.69, 9.17) is 12.2 Å². The maximum atomic E-state index is 13.8. The van der Waals surface area contributed by atoms with Crippen molar-refractivity contribution in [2.45, 2.75) is 19.9 Å². The van der Waals surface area contributed by atoms with Gasteiger partial charge in [-0.1, -0.05) is 32.0 Å². The van der Waals surface area contributed by atoms with E-state index in [-0.39, 0.29) is 17.5 Å². The van der Waals surface area contributed by atoms with Gasteiger partial charge in [-0.15, -0.1) is 0 Å². The summed E-state index contributed by atoms with van der Waals surface area (Å²) < 4.78 is 14.2. The van der Waals surface area contributed by atoms with E-state index in [0.717, 1.165) is 5.69 Å². The Morgan fingerprint density at radius 2 is 1.92 bits per heavy atom. The Morgan fingerprint density at radius 3 is 2.62 bits per heavy atom. The SMILES string of the molecule is CC(C)C(CNC(=O)c1cc(F)cc2[nH]c(=S)[nH]c12)Nc1ccccc1. The second kappa shape index (κ2) is 7.70. The largest absolute Gasteiger partial charge is 0.380 e. The van der Waals surface area contributed by atoms with Crippen LogP contribution in [0, 0.1) is 16.5 Å². The van der Waals surface area contributed by atoms with Gasteiger partial charge in [-0.2, -0.15) is 0 Å². The van der Waals surface area contributed by atoms with Gasteiger partial charge in [0.15, 0.2) is 4.77 Å². The third-order valence-corrected chi connectivity index (χ3v) is 4.45. The summed E-state index contributed by atoms with van der Waals surface area (Å²) in [4.78, 5) is 18.4. The first-order chi connectivity index (χ1) is 12.4. The molecule has 4 N–H and O–H groups in total. The standard InChI is InChI=1S/C19H21FN4OS/c1-11(2)16(22-13-6-4-3-5-7-13)10-21-18(25)14-8-12(20)9-15-17(14)24-19(26)23-15/h3-9,11,16,22H,10H2,1-2H3,(H,21,25)(H2,23,24,26). The highest BCUT2D eigenvalue weighted by Gasteiger charge is 2.18. The van der Waals surface area contributed by atoms with Crippen LogP contribution in [0.5, 0.6) is 0 Å². The van der Waals surface area contributed by atoms with Crippen molar-refractivity contribution in [3.05, 3.63) is 58.6 Å². The lowest BCUT2D eigenvalue weighted by atomic mass is 10.0. The molecule has 0 spiro atoms. The quantitative estimate of drug-likeness (QED) is 0.489. The van der Waals surface area contributed by atoms with Crippen LogP contribution in [0.15, 0.2) is 42.5 Å². The Kier molecular flexibility index (Phi) is 5.37. The highest BCUT2D eigenvalue weighted by molar-refractivity contribution is 7.71. The van der Waals surface area contributed by atoms with Gasteiger partial charge in [0.2, 0.25) is 0 Å². The van der Waals surface area contributed by atoms with Gasteiger partial charge in [0.1, 0.15) is 5.82 Å². The van der Waals surface area contributed by atoms with E-state index in [1.54, 1.807) is 0 Å². The fourth-order valence-electron chi connectivity index (χ4n) is 2.79. The molecule has 0 saturated heterocycles. The molecule has 5 nitrogen and oxygen atoms in total. The van der Waals surface area contributed by atoms with Crippen LogP contribution in [0.3, 0.4) is 0 Å². The van der Waals surface area contributed by atoms with E-state index in [9.17, 15) is 9.18 Å². The average Bonchev–Trinajstić information content (AvgIpc) is 2.98. The molecule has 3 aromatic rings. The number of amides is 1. The maximum absolute atomic E-state index is 13.8. The summed E-state index contributed by atoms with van der Waals surface area (Å²) in [5.74, 6) is -0.544. The summed E-state index contributed by atoms with van der Waals surface area (Å²) in [6.45, 7) is 4.57. The molecule has 0 aliphatic heterocycles. The summed E-state index contributed by atoms with van der Waals surface area (Å²) in [5.41, 5.74) is 2.20. The summed E-state index contributed by atoms with van der Waals surface area (Å²) >= 11 is 5.04. The Hall–Kier alpha value is -2.67. The number of carbonyl (C=O) groups excluding carboxylic acids is 1. The molecule has 0 radical (unpaired) electrons. The number of fused-ring (bicyclic) bond motifs is 1. The van der Waals surface area contributed by atoms with Crippen LogP contribution in [0.4, 0.5) is 10.1 Å². The fourth-order valence-corrected chi connectivity index (χ4v) is 3.00. The average molecular weight is 372 g/mol. The van der Waals surface area contributed by atoms with E-state index in [2.05, 4.69) is 34.4 Å². The van der Waals surface area contributed by atoms with Crippen molar-refractivity contribution in [3.8, 4) is 0 Å². The van der Waals surface area contributed by atoms with Gasteiger partial charge >= 0.3 is 0 Å². The molecular weight excluding hydrogens is 351 g/mol. The van der Waals surface area contributed by atoms with E-state index in [0.29, 0.717) is 28.3 Å². The van der Waals surface area contributed by atoms with Crippen molar-refractivity contribution in [3.63, 3.8) is 0 Å². The van der Waals surface area contributed by atoms with Gasteiger partial charge in [0.25, 0.3) is 5.91 Å². The molecule has 3 rings (SSSR count). The van der Waals surface area contributed by atoms with Crippen molar-refractivity contribution >= 4 is 34.8 Å². The van der Waals surface area contributed by atoms with E-state index in [1.807, 2.05) is 30.3 Å². The van der Waals surface area contributed by atoms with Crippen LogP contribution >= 0.6 is 12.2 Å². The van der Waals surface area contributed by atoms with Crippen molar-refractivity contribution in [1.82, 2.24) is 15.3 Å². The summed E-state index contributed by atoms with van der Waals surface area (Å²) in [5, 5.41) is 6.31. The number of rotatable bonds is 6. The van der Waals surface area contributed by atoms with Crippen molar-refractivity contribution in [2.24, 2.45) is 5.92 Å². The molecule has 136 valence electrons. The lowest BCUT2D eigenvalue weighted by Gasteiger charge is -2.24. The molecule has 1 heterocycles. The summed E-state index contributed by atoms with van der Waals surface area (Å²) in [6.07, 6.45) is 0. The lowest BCUT2D eigenvalue weighted by molar-refractivity contribution is 0.0951. The first-order valence-electron chi connectivity index (χ1n) is 8.45. The number of aromatic amines is 2. The number of carbonyl (C=O) groups is 1. The maximum Gasteiger partial charge on any atom is 0.253 e. The Bertz CT molecular complexity index is 965. The molecule has 0 saturated carbocycles. The molecule has 0 aliphatic carbocycles. The summed E-state index contributed by atoms with van der Waals surface area (Å²) in [7, 11) is 0. The van der Waals surface area contributed by atoms with Gasteiger partial charge in [-0.3, -0.25) is 4.79 Å². The van der Waals surface area contributed by atoms with Crippen LogP contribution in [0.1, 0.15) is 24.2 Å². The minimum Gasteiger partial charge on any atom is -0.380 e. The molecule has 0 aliphatic rings. The number of H-pyrrole nitrogens is 2. The fraction of sp³-hybridized carbons (Fsp3) is 0.263. The molecule has 26 heavy (non-hydrogen) atoms.